The fourth-order valence-corrected chi connectivity index (χ4v) is 5.41. The van der Waals surface area contributed by atoms with Gasteiger partial charge in [0, 0.05) is 25.1 Å². The molecule has 9 nitrogen and oxygen atoms in total. The number of benzene rings is 2. The van der Waals surface area contributed by atoms with Crippen LogP contribution in [-0.4, -0.2) is 54.9 Å². The van der Waals surface area contributed by atoms with E-state index in [-0.39, 0.29) is 29.8 Å². The van der Waals surface area contributed by atoms with Gasteiger partial charge in [-0.05, 0) is 37.1 Å². The topological polar surface area (TPSA) is 114 Å². The van der Waals surface area contributed by atoms with E-state index in [0.717, 1.165) is 11.0 Å². The van der Waals surface area contributed by atoms with E-state index < -0.39 is 10.0 Å². The molecule has 1 amide bonds. The lowest BCUT2D eigenvalue weighted by Gasteiger charge is -2.30. The largest absolute Gasteiger partial charge is 0.486 e. The lowest BCUT2D eigenvalue weighted by molar-refractivity contribution is -0.120. The predicted molar refractivity (Wildman–Crippen MR) is 114 cm³/mol. The minimum atomic E-state index is -3.67. The molecule has 0 saturated carbocycles. The van der Waals surface area contributed by atoms with Crippen molar-refractivity contribution in [2.45, 2.75) is 17.7 Å². The molecule has 31 heavy (non-hydrogen) atoms. The van der Waals surface area contributed by atoms with Crippen LogP contribution in [-0.2, 0) is 14.8 Å². The number of rotatable bonds is 4. The number of nitrogens with one attached hydrogen (secondary N) is 2. The van der Waals surface area contributed by atoms with E-state index in [1.54, 1.807) is 6.07 Å². The number of sulfonamides is 1. The molecular weight excluding hydrogens is 420 g/mol. The molecule has 1 fully saturated rings. The van der Waals surface area contributed by atoms with Crippen LogP contribution < -0.4 is 14.8 Å². The third kappa shape index (κ3) is 3.84. The van der Waals surface area contributed by atoms with Gasteiger partial charge in [0.15, 0.2) is 11.5 Å². The first-order valence-corrected chi connectivity index (χ1v) is 11.6. The fraction of sp³-hybridized carbons (Fsp3) is 0.333. The van der Waals surface area contributed by atoms with Gasteiger partial charge in [0.1, 0.15) is 13.2 Å². The predicted octanol–water partition coefficient (Wildman–Crippen LogP) is 2.37. The number of ether oxygens (including phenoxy) is 2. The van der Waals surface area contributed by atoms with Gasteiger partial charge in [0.2, 0.25) is 21.9 Å². The molecule has 3 aromatic rings. The van der Waals surface area contributed by atoms with Crippen LogP contribution in [0.2, 0.25) is 0 Å². The maximum absolute atomic E-state index is 13.1. The Bertz CT molecular complexity index is 1200. The van der Waals surface area contributed by atoms with E-state index in [9.17, 15) is 13.2 Å². The van der Waals surface area contributed by atoms with Crippen LogP contribution in [0.4, 0.5) is 5.95 Å². The molecule has 10 heteroatoms. The number of carbonyl (C=O) groups is 1. The van der Waals surface area contributed by atoms with E-state index in [2.05, 4.69) is 15.3 Å². The number of piperidine rings is 1. The molecule has 2 aliphatic rings. The molecule has 5 rings (SSSR count). The summed E-state index contributed by atoms with van der Waals surface area (Å²) >= 11 is 0. The molecule has 1 aromatic heterocycles. The number of aromatic amines is 1. The first-order valence-electron chi connectivity index (χ1n) is 10.2. The number of amides is 1. The Labute approximate surface area is 179 Å². The van der Waals surface area contributed by atoms with Crippen LogP contribution in [0, 0.1) is 5.92 Å². The van der Waals surface area contributed by atoms with Gasteiger partial charge in [-0.1, -0.05) is 12.1 Å². The van der Waals surface area contributed by atoms with Crippen LogP contribution in [0.15, 0.2) is 47.4 Å². The second-order valence-electron chi connectivity index (χ2n) is 7.58. The number of H-pyrrole nitrogens is 1. The molecule has 2 N–H and O–H groups in total. The maximum Gasteiger partial charge on any atom is 0.243 e. The smallest absolute Gasteiger partial charge is 0.243 e. The zero-order chi connectivity index (χ0) is 21.4. The van der Waals surface area contributed by atoms with Crippen molar-refractivity contribution in [2.75, 3.05) is 31.6 Å². The van der Waals surface area contributed by atoms with E-state index in [1.165, 1.54) is 16.4 Å². The van der Waals surface area contributed by atoms with E-state index in [0.29, 0.717) is 43.5 Å². The first kappa shape index (κ1) is 19.8. The van der Waals surface area contributed by atoms with Crippen molar-refractivity contribution in [2.24, 2.45) is 5.92 Å². The number of nitrogens with zero attached hydrogens (tertiary/aromatic N) is 2. The third-order valence-electron chi connectivity index (χ3n) is 5.61. The molecule has 1 saturated heterocycles. The average Bonchev–Trinajstić information content (AvgIpc) is 3.21. The molecule has 0 unspecified atom stereocenters. The zero-order valence-electron chi connectivity index (χ0n) is 16.7. The molecule has 0 atom stereocenters. The van der Waals surface area contributed by atoms with Gasteiger partial charge in [-0.2, -0.15) is 4.31 Å². The summed E-state index contributed by atoms with van der Waals surface area (Å²) in [5.74, 6) is 0.950. The second-order valence-corrected chi connectivity index (χ2v) is 9.51. The Morgan fingerprint density at radius 2 is 1.81 bits per heavy atom. The fourth-order valence-electron chi connectivity index (χ4n) is 3.92. The number of hydrogen-bond acceptors (Lipinski definition) is 6. The highest BCUT2D eigenvalue weighted by molar-refractivity contribution is 7.89. The molecule has 0 bridgehead atoms. The number of anilines is 1. The van der Waals surface area contributed by atoms with Gasteiger partial charge in [-0.25, -0.2) is 13.4 Å². The highest BCUT2D eigenvalue weighted by Gasteiger charge is 2.33. The number of hydrogen-bond donors (Lipinski definition) is 2. The second kappa shape index (κ2) is 7.86. The van der Waals surface area contributed by atoms with Crippen LogP contribution >= 0.6 is 0 Å². The summed E-state index contributed by atoms with van der Waals surface area (Å²) in [5.41, 5.74) is 1.62. The van der Waals surface area contributed by atoms with Crippen molar-refractivity contribution in [1.82, 2.24) is 14.3 Å². The van der Waals surface area contributed by atoms with Crippen LogP contribution in [0.3, 0.4) is 0 Å². The van der Waals surface area contributed by atoms with Crippen molar-refractivity contribution in [1.29, 1.82) is 0 Å². The summed E-state index contributed by atoms with van der Waals surface area (Å²) in [5, 5.41) is 2.82. The van der Waals surface area contributed by atoms with Gasteiger partial charge in [0.25, 0.3) is 0 Å². The van der Waals surface area contributed by atoms with Gasteiger partial charge < -0.3 is 14.5 Å². The monoisotopic (exact) mass is 442 g/mol. The highest BCUT2D eigenvalue weighted by Crippen LogP contribution is 2.34. The summed E-state index contributed by atoms with van der Waals surface area (Å²) in [7, 11) is -3.67. The lowest BCUT2D eigenvalue weighted by Crippen LogP contribution is -2.41. The lowest BCUT2D eigenvalue weighted by atomic mass is 9.97. The number of imidazole rings is 1. The summed E-state index contributed by atoms with van der Waals surface area (Å²) < 4.78 is 38.5. The number of carbonyl (C=O) groups excluding carboxylic acids is 1. The normalized spacial score (nSPS) is 17.5. The van der Waals surface area contributed by atoms with E-state index >= 15 is 0 Å². The summed E-state index contributed by atoms with van der Waals surface area (Å²) in [6.45, 7) is 1.38. The molecule has 0 spiro atoms. The molecule has 2 aromatic carbocycles. The molecule has 2 aliphatic heterocycles. The van der Waals surface area contributed by atoms with Crippen LogP contribution in [0.1, 0.15) is 12.8 Å². The van der Waals surface area contributed by atoms with Crippen LogP contribution in [0.5, 0.6) is 11.5 Å². The maximum atomic E-state index is 13.1. The van der Waals surface area contributed by atoms with Crippen LogP contribution in [0.25, 0.3) is 11.0 Å². The Kier molecular flexibility index (Phi) is 5.03. The van der Waals surface area contributed by atoms with Gasteiger partial charge in [0.05, 0.1) is 15.9 Å². The van der Waals surface area contributed by atoms with Crippen molar-refractivity contribution in [3.63, 3.8) is 0 Å². The highest BCUT2D eigenvalue weighted by atomic mass is 32.2. The van der Waals surface area contributed by atoms with Crippen molar-refractivity contribution < 1.29 is 22.7 Å². The van der Waals surface area contributed by atoms with Crippen molar-refractivity contribution >= 4 is 32.9 Å². The summed E-state index contributed by atoms with van der Waals surface area (Å²) in [6, 6.07) is 12.2. The standard InChI is InChI=1S/C21H22N4O5S/c26-20(24-21-22-16-3-1-2-4-17(16)23-21)14-7-9-25(10-8-14)31(27,28)15-5-6-18-19(13-15)30-12-11-29-18/h1-6,13-14H,7-12H2,(H2,22,23,24,26). The van der Waals surface area contributed by atoms with Gasteiger partial charge in [-0.3, -0.25) is 10.1 Å². The number of para-hydroxylation sites is 2. The van der Waals surface area contributed by atoms with Crippen molar-refractivity contribution in [3.05, 3.63) is 42.5 Å². The third-order valence-corrected chi connectivity index (χ3v) is 7.50. The van der Waals surface area contributed by atoms with Gasteiger partial charge in [-0.15, -0.1) is 0 Å². The molecule has 162 valence electrons. The number of fused-ring (bicyclic) bond motifs is 2. The SMILES string of the molecule is O=C(Nc1nc2ccccc2[nH]1)C1CCN(S(=O)(=O)c2ccc3c(c2)OCCO3)CC1. The van der Waals surface area contributed by atoms with Gasteiger partial charge >= 0.3 is 0 Å². The first-order chi connectivity index (χ1) is 15.0. The summed E-state index contributed by atoms with van der Waals surface area (Å²) in [4.78, 5) is 20.3. The Morgan fingerprint density at radius 1 is 1.06 bits per heavy atom. The minimum absolute atomic E-state index is 0.157. The summed E-state index contributed by atoms with van der Waals surface area (Å²) in [6.07, 6.45) is 0.881. The Morgan fingerprint density at radius 3 is 2.58 bits per heavy atom. The molecule has 0 aliphatic carbocycles. The Hall–Kier alpha value is -3.11. The van der Waals surface area contributed by atoms with E-state index in [1.807, 2.05) is 24.3 Å². The molecule has 3 heterocycles. The zero-order valence-corrected chi connectivity index (χ0v) is 17.5. The number of aromatic nitrogens is 2. The van der Waals surface area contributed by atoms with Crippen molar-refractivity contribution in [3.8, 4) is 11.5 Å². The quantitative estimate of drug-likeness (QED) is 0.641. The minimum Gasteiger partial charge on any atom is -0.486 e. The molecule has 0 radical (unpaired) electrons. The van der Waals surface area contributed by atoms with E-state index in [4.69, 9.17) is 9.47 Å². The molecular formula is C21H22N4O5S. The average molecular weight is 442 g/mol. The Balaban J connectivity index is 1.23.